The van der Waals surface area contributed by atoms with Gasteiger partial charge in [0.15, 0.2) is 0 Å². The van der Waals surface area contributed by atoms with Gasteiger partial charge in [-0.15, -0.1) is 0 Å². The molecule has 2 heterocycles. The maximum atomic E-state index is 13.1. The predicted octanol–water partition coefficient (Wildman–Crippen LogP) is 4.04. The number of hydrogen-bond acceptors (Lipinski definition) is 5. The lowest BCUT2D eigenvalue weighted by molar-refractivity contribution is 0.0642. The van der Waals surface area contributed by atoms with E-state index in [1.807, 2.05) is 43.5 Å². The lowest BCUT2D eigenvalue weighted by Crippen LogP contribution is -2.30. The number of nitrogens with zero attached hydrogens (tertiary/aromatic N) is 3. The average Bonchev–Trinajstić information content (AvgIpc) is 3.54. The number of nitrogens with one attached hydrogen (secondary N) is 1. The van der Waals surface area contributed by atoms with Gasteiger partial charge in [0.1, 0.15) is 5.75 Å². The van der Waals surface area contributed by atoms with Crippen LogP contribution in [0.25, 0.3) is 5.69 Å². The van der Waals surface area contributed by atoms with Crippen LogP contribution in [0.15, 0.2) is 85.2 Å². The van der Waals surface area contributed by atoms with Gasteiger partial charge in [0.05, 0.1) is 35.5 Å². The van der Waals surface area contributed by atoms with Crippen LogP contribution in [0.5, 0.6) is 5.75 Å². The average molecular weight is 495 g/mol. The summed E-state index contributed by atoms with van der Waals surface area (Å²) in [7, 11) is 0. The van der Waals surface area contributed by atoms with Gasteiger partial charge in [-0.3, -0.25) is 19.3 Å². The van der Waals surface area contributed by atoms with Crippen LogP contribution < -0.4 is 10.1 Å². The molecule has 4 aromatic rings. The Bertz CT molecular complexity index is 1410. The summed E-state index contributed by atoms with van der Waals surface area (Å²) in [5.41, 5.74) is 3.88. The second-order valence-corrected chi connectivity index (χ2v) is 8.63. The summed E-state index contributed by atoms with van der Waals surface area (Å²) in [6.07, 6.45) is 4.27. The molecule has 0 saturated heterocycles. The Morgan fingerprint density at radius 2 is 1.62 bits per heavy atom. The van der Waals surface area contributed by atoms with E-state index in [1.54, 1.807) is 53.3 Å². The summed E-state index contributed by atoms with van der Waals surface area (Å²) >= 11 is 0. The lowest BCUT2D eigenvalue weighted by Gasteiger charge is -2.16. The van der Waals surface area contributed by atoms with Crippen molar-refractivity contribution in [2.24, 2.45) is 0 Å². The Balaban J connectivity index is 1.25. The van der Waals surface area contributed by atoms with Crippen LogP contribution >= 0.6 is 0 Å². The number of aromatic nitrogens is 2. The number of benzene rings is 3. The van der Waals surface area contributed by atoms with Gasteiger partial charge in [0.25, 0.3) is 17.7 Å². The molecule has 5 rings (SSSR count). The third-order valence-electron chi connectivity index (χ3n) is 6.21. The molecule has 0 radical (unpaired) electrons. The zero-order chi connectivity index (χ0) is 25.8. The van der Waals surface area contributed by atoms with Gasteiger partial charge in [-0.1, -0.05) is 30.3 Å². The molecule has 37 heavy (non-hydrogen) atoms. The molecule has 0 atom stereocenters. The van der Waals surface area contributed by atoms with Crippen LogP contribution in [0.1, 0.15) is 49.1 Å². The predicted molar refractivity (Wildman–Crippen MR) is 138 cm³/mol. The number of imide groups is 1. The van der Waals surface area contributed by atoms with E-state index < -0.39 is 0 Å². The smallest absolute Gasteiger partial charge is 0.261 e. The van der Waals surface area contributed by atoms with E-state index in [2.05, 4.69) is 10.4 Å². The monoisotopic (exact) mass is 494 g/mol. The first-order valence-electron chi connectivity index (χ1n) is 12.1. The fourth-order valence-electron chi connectivity index (χ4n) is 4.35. The minimum Gasteiger partial charge on any atom is -0.493 e. The number of carbonyl (C=O) groups excluding carboxylic acids is 3. The molecule has 1 aromatic heterocycles. The molecular formula is C29H26N4O4. The molecule has 0 saturated carbocycles. The van der Waals surface area contributed by atoms with Gasteiger partial charge in [-0.2, -0.15) is 5.10 Å². The second-order valence-electron chi connectivity index (χ2n) is 8.63. The van der Waals surface area contributed by atoms with E-state index >= 15 is 0 Å². The highest BCUT2D eigenvalue weighted by atomic mass is 16.5. The van der Waals surface area contributed by atoms with Crippen molar-refractivity contribution in [1.82, 2.24) is 20.0 Å². The first-order chi connectivity index (χ1) is 18.0. The highest BCUT2D eigenvalue weighted by molar-refractivity contribution is 6.21. The van der Waals surface area contributed by atoms with Gasteiger partial charge in [-0.05, 0) is 66.9 Å². The normalized spacial score (nSPS) is 12.5. The molecule has 0 spiro atoms. The van der Waals surface area contributed by atoms with E-state index in [0.717, 1.165) is 11.3 Å². The fourth-order valence-corrected chi connectivity index (χ4v) is 4.35. The molecule has 0 aliphatic carbocycles. The SMILES string of the molecule is CCOc1ccc(CN2C(=O)c3ccccc3C2=O)cc1C(=O)NCCc1ccc(-n2cccn2)cc1. The lowest BCUT2D eigenvalue weighted by atomic mass is 10.1. The highest BCUT2D eigenvalue weighted by Crippen LogP contribution is 2.26. The second kappa shape index (κ2) is 10.5. The Hall–Kier alpha value is -4.72. The van der Waals surface area contributed by atoms with Crippen LogP contribution in [-0.2, 0) is 13.0 Å². The van der Waals surface area contributed by atoms with E-state index in [-0.39, 0.29) is 24.3 Å². The molecule has 1 aliphatic rings. The number of carbonyl (C=O) groups is 3. The van der Waals surface area contributed by atoms with Crippen molar-refractivity contribution < 1.29 is 19.1 Å². The third-order valence-corrected chi connectivity index (χ3v) is 6.21. The van der Waals surface area contributed by atoms with Gasteiger partial charge in [0, 0.05) is 18.9 Å². The van der Waals surface area contributed by atoms with Crippen molar-refractivity contribution >= 4 is 17.7 Å². The fraction of sp³-hybridized carbons (Fsp3) is 0.172. The topological polar surface area (TPSA) is 93.5 Å². The largest absolute Gasteiger partial charge is 0.493 e. The van der Waals surface area contributed by atoms with Gasteiger partial charge < -0.3 is 10.1 Å². The molecule has 0 fully saturated rings. The Morgan fingerprint density at radius 1 is 0.919 bits per heavy atom. The molecule has 1 N–H and O–H groups in total. The maximum absolute atomic E-state index is 13.1. The van der Waals surface area contributed by atoms with Crippen LogP contribution in [-0.4, -0.2) is 45.6 Å². The van der Waals surface area contributed by atoms with E-state index in [4.69, 9.17) is 4.74 Å². The van der Waals surface area contributed by atoms with Crippen molar-refractivity contribution in [1.29, 1.82) is 0 Å². The summed E-state index contributed by atoms with van der Waals surface area (Å²) < 4.78 is 7.46. The molecule has 0 bridgehead atoms. The zero-order valence-corrected chi connectivity index (χ0v) is 20.4. The minimum atomic E-state index is -0.334. The van der Waals surface area contributed by atoms with E-state index in [0.29, 0.717) is 47.6 Å². The first kappa shape index (κ1) is 24.0. The summed E-state index contributed by atoms with van der Waals surface area (Å²) in [5, 5.41) is 7.18. The number of rotatable bonds is 9. The van der Waals surface area contributed by atoms with Crippen LogP contribution in [0, 0.1) is 0 Å². The summed E-state index contributed by atoms with van der Waals surface area (Å²) in [6.45, 7) is 2.76. The number of fused-ring (bicyclic) bond motifs is 1. The summed E-state index contributed by atoms with van der Waals surface area (Å²) in [6, 6.07) is 21.8. The Labute approximate surface area is 214 Å². The Morgan fingerprint density at radius 3 is 2.27 bits per heavy atom. The standard InChI is InChI=1S/C29H26N4O4/c1-2-37-26-13-10-21(19-32-28(35)23-6-3-4-7-24(23)29(32)36)18-25(26)27(34)30-16-14-20-8-11-22(12-9-20)33-17-5-15-31-33/h3-13,15,17-18H,2,14,16,19H2,1H3,(H,30,34). The first-order valence-corrected chi connectivity index (χ1v) is 12.1. The molecule has 3 aromatic carbocycles. The van der Waals surface area contributed by atoms with Crippen LogP contribution in [0.2, 0.25) is 0 Å². The third kappa shape index (κ3) is 4.99. The van der Waals surface area contributed by atoms with Gasteiger partial charge in [0.2, 0.25) is 0 Å². The Kier molecular flexibility index (Phi) is 6.81. The van der Waals surface area contributed by atoms with Crippen LogP contribution in [0.3, 0.4) is 0 Å². The molecule has 3 amide bonds. The van der Waals surface area contributed by atoms with Crippen molar-refractivity contribution in [3.05, 3.63) is 113 Å². The molecular weight excluding hydrogens is 468 g/mol. The molecule has 8 heteroatoms. The van der Waals surface area contributed by atoms with Crippen LogP contribution in [0.4, 0.5) is 0 Å². The van der Waals surface area contributed by atoms with E-state index in [1.165, 1.54) is 4.90 Å². The van der Waals surface area contributed by atoms with E-state index in [9.17, 15) is 14.4 Å². The molecule has 186 valence electrons. The number of hydrogen-bond donors (Lipinski definition) is 1. The zero-order valence-electron chi connectivity index (χ0n) is 20.4. The highest BCUT2D eigenvalue weighted by Gasteiger charge is 2.35. The quantitative estimate of drug-likeness (QED) is 0.355. The number of amides is 3. The maximum Gasteiger partial charge on any atom is 0.261 e. The van der Waals surface area contributed by atoms with Crippen molar-refractivity contribution in [2.45, 2.75) is 19.9 Å². The summed E-state index contributed by atoms with van der Waals surface area (Å²) in [5.74, 6) is -0.492. The number of ether oxygens (including phenoxy) is 1. The van der Waals surface area contributed by atoms with Gasteiger partial charge in [-0.25, -0.2) is 4.68 Å². The molecule has 8 nitrogen and oxygen atoms in total. The van der Waals surface area contributed by atoms with Crippen molar-refractivity contribution in [3.8, 4) is 11.4 Å². The van der Waals surface area contributed by atoms with Gasteiger partial charge >= 0.3 is 0 Å². The molecule has 1 aliphatic heterocycles. The van der Waals surface area contributed by atoms with Crippen molar-refractivity contribution in [3.63, 3.8) is 0 Å². The minimum absolute atomic E-state index is 0.0711. The molecule has 0 unspecified atom stereocenters. The summed E-state index contributed by atoms with van der Waals surface area (Å²) in [4.78, 5) is 39.8. The van der Waals surface area contributed by atoms with Crippen molar-refractivity contribution in [2.75, 3.05) is 13.2 Å².